The van der Waals surface area contributed by atoms with Gasteiger partial charge in [-0.15, -0.1) is 0 Å². The molecule has 0 saturated carbocycles. The minimum absolute atomic E-state index is 0.0478. The van der Waals surface area contributed by atoms with E-state index in [0.717, 1.165) is 0 Å². The van der Waals surface area contributed by atoms with Crippen LogP contribution in [0, 0.1) is 0 Å². The topological polar surface area (TPSA) is 102 Å². The number of amides is 2. The van der Waals surface area contributed by atoms with E-state index >= 15 is 0 Å². The van der Waals surface area contributed by atoms with Gasteiger partial charge in [-0.2, -0.15) is 0 Å². The number of rotatable bonds is 11. The fourth-order valence-corrected chi connectivity index (χ4v) is 2.75. The van der Waals surface area contributed by atoms with Crippen molar-refractivity contribution in [1.29, 1.82) is 0 Å². The lowest BCUT2D eigenvalue weighted by Gasteiger charge is -2.11. The van der Waals surface area contributed by atoms with Gasteiger partial charge in [0.2, 0.25) is 5.91 Å². The Balaban J connectivity index is 1.48. The van der Waals surface area contributed by atoms with Crippen molar-refractivity contribution < 1.29 is 23.5 Å². The third-order valence-electron chi connectivity index (χ3n) is 4.26. The molecule has 8 nitrogen and oxygen atoms in total. The van der Waals surface area contributed by atoms with Crippen LogP contribution in [0.5, 0.6) is 5.75 Å². The molecule has 162 valence electrons. The summed E-state index contributed by atoms with van der Waals surface area (Å²) < 4.78 is 15.7. The standard InChI is InChI=1S/C23H25N3O5/c1-29-11-12-31-20-8-3-7-19(14-20)26-22(27)16-24-18-6-2-5-17(13-18)23(28)25-15-21-9-4-10-30-21/h2-10,13-14,24H,11-12,15-16H2,1H3,(H,25,28)(H,26,27). The summed E-state index contributed by atoms with van der Waals surface area (Å²) in [5, 5.41) is 8.63. The van der Waals surface area contributed by atoms with E-state index in [-0.39, 0.29) is 18.4 Å². The van der Waals surface area contributed by atoms with Gasteiger partial charge < -0.3 is 29.8 Å². The maximum atomic E-state index is 12.3. The number of methoxy groups -OCH3 is 1. The molecule has 0 bridgehead atoms. The second kappa shape index (κ2) is 11.4. The summed E-state index contributed by atoms with van der Waals surface area (Å²) in [6.45, 7) is 1.27. The van der Waals surface area contributed by atoms with Crippen LogP contribution in [0.4, 0.5) is 11.4 Å². The molecule has 0 unspecified atom stereocenters. The van der Waals surface area contributed by atoms with E-state index in [1.54, 1.807) is 68.0 Å². The SMILES string of the molecule is COCCOc1cccc(NC(=O)CNc2cccc(C(=O)NCc3ccco3)c2)c1. The van der Waals surface area contributed by atoms with Crippen molar-refractivity contribution in [2.24, 2.45) is 0 Å². The molecule has 2 aromatic carbocycles. The third kappa shape index (κ3) is 7.20. The number of furan rings is 1. The zero-order valence-electron chi connectivity index (χ0n) is 17.2. The van der Waals surface area contributed by atoms with Gasteiger partial charge in [0, 0.05) is 30.1 Å². The Labute approximate surface area is 180 Å². The molecule has 0 radical (unpaired) electrons. The normalized spacial score (nSPS) is 10.4. The van der Waals surface area contributed by atoms with Crippen LogP contribution in [0.25, 0.3) is 0 Å². The van der Waals surface area contributed by atoms with Crippen LogP contribution in [-0.4, -0.2) is 38.7 Å². The van der Waals surface area contributed by atoms with Gasteiger partial charge in [-0.05, 0) is 42.5 Å². The second-order valence-electron chi connectivity index (χ2n) is 6.61. The van der Waals surface area contributed by atoms with Crippen molar-refractivity contribution in [3.05, 3.63) is 78.3 Å². The lowest BCUT2D eigenvalue weighted by atomic mass is 10.2. The summed E-state index contributed by atoms with van der Waals surface area (Å²) in [6, 6.07) is 17.6. The average Bonchev–Trinajstić information content (AvgIpc) is 3.30. The lowest BCUT2D eigenvalue weighted by Crippen LogP contribution is -2.23. The quantitative estimate of drug-likeness (QED) is 0.409. The fraction of sp³-hybridized carbons (Fsp3) is 0.217. The zero-order chi connectivity index (χ0) is 21.9. The van der Waals surface area contributed by atoms with Gasteiger partial charge in [0.1, 0.15) is 18.1 Å². The van der Waals surface area contributed by atoms with Crippen molar-refractivity contribution in [2.45, 2.75) is 6.54 Å². The maximum absolute atomic E-state index is 12.3. The highest BCUT2D eigenvalue weighted by atomic mass is 16.5. The average molecular weight is 423 g/mol. The smallest absolute Gasteiger partial charge is 0.251 e. The highest BCUT2D eigenvalue weighted by Gasteiger charge is 2.08. The maximum Gasteiger partial charge on any atom is 0.251 e. The zero-order valence-corrected chi connectivity index (χ0v) is 17.2. The number of hydrogen-bond acceptors (Lipinski definition) is 6. The number of nitrogens with one attached hydrogen (secondary N) is 3. The largest absolute Gasteiger partial charge is 0.491 e. The van der Waals surface area contributed by atoms with Gasteiger partial charge in [-0.1, -0.05) is 12.1 Å². The Kier molecular flexibility index (Phi) is 8.07. The van der Waals surface area contributed by atoms with Gasteiger partial charge in [0.05, 0.1) is 26.0 Å². The highest BCUT2D eigenvalue weighted by Crippen LogP contribution is 2.17. The third-order valence-corrected chi connectivity index (χ3v) is 4.26. The van der Waals surface area contributed by atoms with Gasteiger partial charge >= 0.3 is 0 Å². The molecule has 0 atom stereocenters. The highest BCUT2D eigenvalue weighted by molar-refractivity contribution is 5.96. The van der Waals surface area contributed by atoms with Crippen molar-refractivity contribution >= 4 is 23.2 Å². The first kappa shape index (κ1) is 21.9. The Morgan fingerprint density at radius 1 is 0.968 bits per heavy atom. The number of anilines is 2. The molecule has 31 heavy (non-hydrogen) atoms. The first-order chi connectivity index (χ1) is 15.1. The van der Waals surface area contributed by atoms with E-state index in [2.05, 4.69) is 16.0 Å². The molecular formula is C23H25N3O5. The first-order valence-electron chi connectivity index (χ1n) is 9.80. The summed E-state index contributed by atoms with van der Waals surface area (Å²) >= 11 is 0. The van der Waals surface area contributed by atoms with E-state index in [9.17, 15) is 9.59 Å². The summed E-state index contributed by atoms with van der Waals surface area (Å²) in [5.74, 6) is 0.875. The molecule has 3 rings (SSSR count). The molecule has 8 heteroatoms. The Morgan fingerprint density at radius 2 is 1.81 bits per heavy atom. The van der Waals surface area contributed by atoms with Crippen molar-refractivity contribution in [1.82, 2.24) is 5.32 Å². The van der Waals surface area contributed by atoms with Crippen LogP contribution in [0.2, 0.25) is 0 Å². The Morgan fingerprint density at radius 3 is 2.61 bits per heavy atom. The fourth-order valence-electron chi connectivity index (χ4n) is 2.75. The number of carbonyl (C=O) groups is 2. The molecule has 3 aromatic rings. The van der Waals surface area contributed by atoms with E-state index in [4.69, 9.17) is 13.9 Å². The molecule has 1 heterocycles. The van der Waals surface area contributed by atoms with E-state index in [0.29, 0.717) is 48.2 Å². The van der Waals surface area contributed by atoms with Crippen molar-refractivity contribution in [2.75, 3.05) is 37.5 Å². The summed E-state index contributed by atoms with van der Waals surface area (Å²) in [5.41, 5.74) is 1.78. The van der Waals surface area contributed by atoms with E-state index < -0.39 is 0 Å². The molecule has 1 aromatic heterocycles. The van der Waals surface area contributed by atoms with Crippen molar-refractivity contribution in [3.8, 4) is 5.75 Å². The summed E-state index contributed by atoms with van der Waals surface area (Å²) in [4.78, 5) is 24.6. The second-order valence-corrected chi connectivity index (χ2v) is 6.61. The molecule has 2 amide bonds. The predicted molar refractivity (Wildman–Crippen MR) is 117 cm³/mol. The first-order valence-corrected chi connectivity index (χ1v) is 9.80. The van der Waals surface area contributed by atoms with Gasteiger partial charge in [-0.25, -0.2) is 0 Å². The summed E-state index contributed by atoms with van der Waals surface area (Å²) in [6.07, 6.45) is 1.56. The molecule has 0 spiro atoms. The van der Waals surface area contributed by atoms with E-state index in [1.807, 2.05) is 6.07 Å². The molecule has 0 saturated heterocycles. The molecule has 0 aliphatic carbocycles. The lowest BCUT2D eigenvalue weighted by molar-refractivity contribution is -0.114. The molecule has 0 aliphatic heterocycles. The monoisotopic (exact) mass is 423 g/mol. The van der Waals surface area contributed by atoms with Gasteiger partial charge in [-0.3, -0.25) is 9.59 Å². The van der Waals surface area contributed by atoms with Gasteiger partial charge in [0.15, 0.2) is 0 Å². The number of carbonyl (C=O) groups excluding carboxylic acids is 2. The predicted octanol–water partition coefficient (Wildman–Crippen LogP) is 3.29. The van der Waals surface area contributed by atoms with Crippen LogP contribution in [0.15, 0.2) is 71.3 Å². The molecule has 0 fully saturated rings. The minimum atomic E-state index is -0.227. The number of benzene rings is 2. The van der Waals surface area contributed by atoms with Crippen LogP contribution in [0.3, 0.4) is 0 Å². The number of hydrogen-bond donors (Lipinski definition) is 3. The summed E-state index contributed by atoms with van der Waals surface area (Å²) in [7, 11) is 1.61. The van der Waals surface area contributed by atoms with Crippen LogP contribution < -0.4 is 20.7 Å². The Hall–Kier alpha value is -3.78. The van der Waals surface area contributed by atoms with Crippen LogP contribution in [-0.2, 0) is 16.1 Å². The number of ether oxygens (including phenoxy) is 2. The minimum Gasteiger partial charge on any atom is -0.491 e. The molecule has 3 N–H and O–H groups in total. The van der Waals surface area contributed by atoms with Crippen LogP contribution in [0.1, 0.15) is 16.1 Å². The van der Waals surface area contributed by atoms with E-state index in [1.165, 1.54) is 0 Å². The van der Waals surface area contributed by atoms with Crippen molar-refractivity contribution in [3.63, 3.8) is 0 Å². The van der Waals surface area contributed by atoms with Crippen LogP contribution >= 0.6 is 0 Å². The molecule has 0 aliphatic rings. The Bertz CT molecular complexity index is 988. The molecular weight excluding hydrogens is 398 g/mol. The van der Waals surface area contributed by atoms with Gasteiger partial charge in [0.25, 0.3) is 5.91 Å².